The zero-order valence-electron chi connectivity index (χ0n) is 14.9. The summed E-state index contributed by atoms with van der Waals surface area (Å²) in [4.78, 5) is 15.0. The van der Waals surface area contributed by atoms with Gasteiger partial charge in [0.2, 0.25) is 0 Å². The highest BCUT2D eigenvalue weighted by Gasteiger charge is 2.44. The zero-order valence-corrected chi connectivity index (χ0v) is 14.9. The summed E-state index contributed by atoms with van der Waals surface area (Å²) in [7, 11) is 0. The van der Waals surface area contributed by atoms with Gasteiger partial charge in [0.1, 0.15) is 12.6 Å². The van der Waals surface area contributed by atoms with Gasteiger partial charge in [-0.15, -0.1) is 0 Å². The molecule has 25 heavy (non-hydrogen) atoms. The highest BCUT2D eigenvalue weighted by molar-refractivity contribution is 5.77. The Morgan fingerprint density at radius 1 is 1.08 bits per heavy atom. The minimum absolute atomic E-state index is 0.232. The summed E-state index contributed by atoms with van der Waals surface area (Å²) in [6.07, 6.45) is 0. The molecule has 0 aromatic heterocycles. The van der Waals surface area contributed by atoms with Crippen LogP contribution in [0.5, 0.6) is 0 Å². The van der Waals surface area contributed by atoms with E-state index >= 15 is 0 Å². The molecule has 1 saturated heterocycles. The number of carbonyl (C=O) groups is 1. The van der Waals surface area contributed by atoms with Gasteiger partial charge in [-0.2, -0.15) is 0 Å². The van der Waals surface area contributed by atoms with Crippen molar-refractivity contribution >= 4 is 5.97 Å². The predicted molar refractivity (Wildman–Crippen MR) is 96.9 cm³/mol. The van der Waals surface area contributed by atoms with Gasteiger partial charge >= 0.3 is 5.97 Å². The third-order valence-electron chi connectivity index (χ3n) is 4.55. The van der Waals surface area contributed by atoms with Gasteiger partial charge in [-0.1, -0.05) is 60.7 Å². The first-order chi connectivity index (χ1) is 12.1. The summed E-state index contributed by atoms with van der Waals surface area (Å²) < 4.78 is 11.5. The largest absolute Gasteiger partial charge is 0.460 e. The van der Waals surface area contributed by atoms with Crippen LogP contribution in [-0.2, 0) is 27.4 Å². The molecule has 2 aromatic carbocycles. The van der Waals surface area contributed by atoms with Crippen LogP contribution in [0.3, 0.4) is 0 Å². The summed E-state index contributed by atoms with van der Waals surface area (Å²) in [6.45, 7) is 6.23. The average Bonchev–Trinajstić information content (AvgIpc) is 2.61. The average molecular weight is 339 g/mol. The van der Waals surface area contributed by atoms with Crippen molar-refractivity contribution in [3.8, 4) is 0 Å². The quantitative estimate of drug-likeness (QED) is 0.783. The topological polar surface area (TPSA) is 38.8 Å². The van der Waals surface area contributed by atoms with E-state index in [0.29, 0.717) is 19.7 Å². The van der Waals surface area contributed by atoms with Gasteiger partial charge in [-0.25, -0.2) is 0 Å². The molecule has 1 aliphatic rings. The van der Waals surface area contributed by atoms with Crippen LogP contribution in [0.15, 0.2) is 60.7 Å². The van der Waals surface area contributed by atoms with E-state index in [-0.39, 0.29) is 12.6 Å². The molecule has 0 saturated carbocycles. The first kappa shape index (κ1) is 17.6. The molecule has 1 aliphatic heterocycles. The van der Waals surface area contributed by atoms with E-state index in [4.69, 9.17) is 9.47 Å². The summed E-state index contributed by atoms with van der Waals surface area (Å²) in [5.74, 6) is -0.232. The predicted octanol–water partition coefficient (Wildman–Crippen LogP) is 3.41. The maximum atomic E-state index is 12.8. The zero-order chi connectivity index (χ0) is 17.7. The second-order valence-electron chi connectivity index (χ2n) is 6.90. The lowest BCUT2D eigenvalue weighted by atomic mass is 9.94. The number of esters is 1. The number of ether oxygens (including phenoxy) is 2. The van der Waals surface area contributed by atoms with E-state index in [9.17, 15) is 4.79 Å². The summed E-state index contributed by atoms with van der Waals surface area (Å²) >= 11 is 0. The van der Waals surface area contributed by atoms with Crippen LogP contribution in [0.4, 0.5) is 0 Å². The Labute approximate surface area is 149 Å². The molecule has 3 rings (SSSR count). The fourth-order valence-corrected chi connectivity index (χ4v) is 3.30. The van der Waals surface area contributed by atoms with Crippen LogP contribution in [-0.4, -0.2) is 35.7 Å². The van der Waals surface area contributed by atoms with Crippen molar-refractivity contribution in [1.82, 2.24) is 4.90 Å². The monoisotopic (exact) mass is 339 g/mol. The molecule has 0 radical (unpaired) electrons. The highest BCUT2D eigenvalue weighted by atomic mass is 16.5. The van der Waals surface area contributed by atoms with Crippen LogP contribution in [0, 0.1) is 0 Å². The maximum Gasteiger partial charge on any atom is 0.326 e. The lowest BCUT2D eigenvalue weighted by Gasteiger charge is -2.44. The summed E-state index contributed by atoms with van der Waals surface area (Å²) in [5.41, 5.74) is 1.59. The van der Waals surface area contributed by atoms with Crippen LogP contribution in [0.2, 0.25) is 0 Å². The molecule has 4 nitrogen and oxygen atoms in total. The molecule has 1 atom stereocenters. The lowest BCUT2D eigenvalue weighted by molar-refractivity contribution is -0.179. The molecule has 4 heteroatoms. The van der Waals surface area contributed by atoms with Gasteiger partial charge < -0.3 is 9.47 Å². The van der Waals surface area contributed by atoms with Gasteiger partial charge in [0, 0.05) is 13.1 Å². The number of rotatable bonds is 5. The molecule has 132 valence electrons. The molecule has 0 aliphatic carbocycles. The number of carbonyl (C=O) groups excluding carboxylic acids is 1. The molecule has 1 heterocycles. The minimum atomic E-state index is -0.583. The van der Waals surface area contributed by atoms with Gasteiger partial charge in [0.15, 0.2) is 0 Å². The number of morpholine rings is 1. The Hall–Kier alpha value is -2.17. The van der Waals surface area contributed by atoms with Crippen LogP contribution < -0.4 is 0 Å². The van der Waals surface area contributed by atoms with Crippen molar-refractivity contribution < 1.29 is 14.3 Å². The van der Waals surface area contributed by atoms with Gasteiger partial charge in [-0.3, -0.25) is 9.69 Å². The molecule has 0 amide bonds. The Morgan fingerprint density at radius 3 is 2.32 bits per heavy atom. The fourth-order valence-electron chi connectivity index (χ4n) is 3.30. The van der Waals surface area contributed by atoms with Crippen LogP contribution >= 0.6 is 0 Å². The Morgan fingerprint density at radius 2 is 1.68 bits per heavy atom. The maximum absolute atomic E-state index is 12.8. The highest BCUT2D eigenvalue weighted by Crippen LogP contribution is 2.27. The second kappa shape index (κ2) is 7.81. The van der Waals surface area contributed by atoms with Gasteiger partial charge in [0.25, 0.3) is 0 Å². The van der Waals surface area contributed by atoms with Crippen molar-refractivity contribution in [2.24, 2.45) is 0 Å². The van der Waals surface area contributed by atoms with E-state index in [1.165, 1.54) is 5.56 Å². The van der Waals surface area contributed by atoms with E-state index in [0.717, 1.165) is 5.56 Å². The fraction of sp³-hybridized carbons (Fsp3) is 0.381. The molecule has 2 aromatic rings. The lowest BCUT2D eigenvalue weighted by Crippen LogP contribution is -2.60. The molecule has 0 spiro atoms. The SMILES string of the molecule is CC1(C)OCCN(Cc2ccccc2)C1C(=O)OCc1ccccc1. The number of hydrogen-bond acceptors (Lipinski definition) is 4. The third kappa shape index (κ3) is 4.47. The number of nitrogens with zero attached hydrogens (tertiary/aromatic N) is 1. The van der Waals surface area contributed by atoms with Crippen molar-refractivity contribution in [2.75, 3.05) is 13.2 Å². The molecular weight excluding hydrogens is 314 g/mol. The number of hydrogen-bond donors (Lipinski definition) is 0. The van der Waals surface area contributed by atoms with Crippen molar-refractivity contribution in [1.29, 1.82) is 0 Å². The Kier molecular flexibility index (Phi) is 5.51. The smallest absolute Gasteiger partial charge is 0.326 e. The number of benzene rings is 2. The molecular formula is C21H25NO3. The molecule has 1 fully saturated rings. The first-order valence-electron chi connectivity index (χ1n) is 8.69. The third-order valence-corrected chi connectivity index (χ3v) is 4.55. The van der Waals surface area contributed by atoms with Crippen molar-refractivity contribution in [3.05, 3.63) is 71.8 Å². The standard InChI is InChI=1S/C21H25NO3/c1-21(2)19(20(23)24-16-18-11-7-4-8-12-18)22(13-14-25-21)15-17-9-5-3-6-10-17/h3-12,19H,13-16H2,1-2H3. The molecule has 0 bridgehead atoms. The molecule has 1 unspecified atom stereocenters. The first-order valence-corrected chi connectivity index (χ1v) is 8.69. The van der Waals surface area contributed by atoms with Crippen molar-refractivity contribution in [3.63, 3.8) is 0 Å². The van der Waals surface area contributed by atoms with E-state index < -0.39 is 11.6 Å². The normalized spacial score (nSPS) is 20.2. The van der Waals surface area contributed by atoms with Gasteiger partial charge in [-0.05, 0) is 25.0 Å². The summed E-state index contributed by atoms with van der Waals surface area (Å²) in [5, 5.41) is 0. The Balaban J connectivity index is 1.72. The van der Waals surface area contributed by atoms with Crippen molar-refractivity contribution in [2.45, 2.75) is 38.6 Å². The van der Waals surface area contributed by atoms with E-state index in [1.54, 1.807) is 0 Å². The van der Waals surface area contributed by atoms with Gasteiger partial charge in [0.05, 0.1) is 12.2 Å². The van der Waals surface area contributed by atoms with Crippen LogP contribution in [0.25, 0.3) is 0 Å². The van der Waals surface area contributed by atoms with Crippen LogP contribution in [0.1, 0.15) is 25.0 Å². The Bertz CT molecular complexity index is 685. The van der Waals surface area contributed by atoms with E-state index in [1.807, 2.05) is 62.4 Å². The molecule has 0 N–H and O–H groups in total. The van der Waals surface area contributed by atoms with E-state index in [2.05, 4.69) is 17.0 Å². The second-order valence-corrected chi connectivity index (χ2v) is 6.90. The summed E-state index contributed by atoms with van der Waals surface area (Å²) in [6, 6.07) is 19.5. The minimum Gasteiger partial charge on any atom is -0.460 e.